The minimum atomic E-state index is -2.66. The van der Waals surface area contributed by atoms with Crippen LogP contribution in [-0.2, 0) is 32.2 Å². The number of phenols is 1. The fraction of sp³-hybridized carbons (Fsp3) is 0.414. The molecule has 0 bridgehead atoms. The molecule has 5 rings (SSSR count). The summed E-state index contributed by atoms with van der Waals surface area (Å²) in [5.41, 5.74) is -2.57. The molecule has 0 radical (unpaired) electrons. The van der Waals surface area contributed by atoms with Crippen LogP contribution in [0.25, 0.3) is 11.1 Å². The molecule has 5 atom stereocenters. The van der Waals surface area contributed by atoms with Crippen molar-refractivity contribution in [1.82, 2.24) is 0 Å². The van der Waals surface area contributed by atoms with Crippen molar-refractivity contribution in [3.8, 4) is 16.9 Å². The first-order valence-corrected chi connectivity index (χ1v) is 12.2. The fourth-order valence-corrected chi connectivity index (χ4v) is 7.11. The van der Waals surface area contributed by atoms with Gasteiger partial charge in [-0.25, -0.2) is 0 Å². The topological polar surface area (TPSA) is 146 Å². The van der Waals surface area contributed by atoms with Crippen LogP contribution in [0.15, 0.2) is 36.4 Å². The minimum Gasteiger partial charge on any atom is -0.507 e. The molecule has 0 heterocycles. The van der Waals surface area contributed by atoms with Crippen molar-refractivity contribution in [3.05, 3.63) is 53.1 Å². The Morgan fingerprint density at radius 3 is 2.22 bits per heavy atom. The summed E-state index contributed by atoms with van der Waals surface area (Å²) in [5.74, 6) is -7.73. The summed E-state index contributed by atoms with van der Waals surface area (Å²) in [5, 5.41) is 31.7. The maximum Gasteiger partial charge on any atom is 0.190 e. The van der Waals surface area contributed by atoms with Crippen LogP contribution in [0, 0.1) is 22.7 Å². The number of ketones is 5. The number of carbonyl (C=O) groups is 5. The largest absolute Gasteiger partial charge is 0.507 e. The van der Waals surface area contributed by atoms with Crippen LogP contribution in [0.1, 0.15) is 55.1 Å². The Labute approximate surface area is 213 Å². The van der Waals surface area contributed by atoms with E-state index < -0.39 is 57.2 Å². The zero-order chi connectivity index (χ0) is 27.1. The smallest absolute Gasteiger partial charge is 0.190 e. The monoisotopic (exact) mass is 504 g/mol. The number of hydrogen-bond donors (Lipinski definition) is 3. The van der Waals surface area contributed by atoms with E-state index in [0.717, 1.165) is 12.5 Å². The average molecular weight is 505 g/mol. The van der Waals surface area contributed by atoms with Gasteiger partial charge in [0.25, 0.3) is 0 Å². The van der Waals surface area contributed by atoms with Gasteiger partial charge >= 0.3 is 0 Å². The van der Waals surface area contributed by atoms with Crippen LogP contribution in [0.3, 0.4) is 0 Å². The van der Waals surface area contributed by atoms with Crippen LogP contribution < -0.4 is 0 Å². The first-order chi connectivity index (χ1) is 17.3. The molecule has 0 amide bonds. The third-order valence-electron chi connectivity index (χ3n) is 8.72. The number of phenolic OH excluding ortho intramolecular Hbond substituents is 1. The zero-order valence-corrected chi connectivity index (χ0v) is 20.8. The van der Waals surface area contributed by atoms with Crippen LogP contribution in [0.4, 0.5) is 0 Å². The zero-order valence-electron chi connectivity index (χ0n) is 20.8. The van der Waals surface area contributed by atoms with Crippen molar-refractivity contribution in [2.75, 3.05) is 0 Å². The number of aliphatic hydroxyl groups is 2. The lowest BCUT2D eigenvalue weighted by molar-refractivity contribution is -0.193. The standard InChI is InChI=1S/C29H28O8/c1-14(31)21-20(33)11-28(3)13-27(2)10-18-17(16-6-4-15(12-30)5-7-16)8-9-19(32)22(18)24(34)23(27)26(36)29(28,37)25(21)35/h4-9,21,23,30,32,37H,10-13H2,1-3H3/t21?,23?,27-,28+,29+/m0/s1. The SMILES string of the molecule is CC(=O)C1C(=O)C[C@]2(C)C[C@]3(C)Cc4c(-c5ccc(CO)cc5)ccc(O)c4C(=O)C3C(=O)[C@]2(O)C1=O. The van der Waals surface area contributed by atoms with E-state index in [2.05, 4.69) is 0 Å². The molecule has 0 saturated heterocycles. The number of Topliss-reactive ketones (excluding diaryl/α,β-unsaturated/α-hetero) is 5. The minimum absolute atomic E-state index is 0.0126. The second-order valence-electron chi connectivity index (χ2n) is 11.3. The molecule has 8 nitrogen and oxygen atoms in total. The number of fused-ring (bicyclic) bond motifs is 3. The lowest BCUT2D eigenvalue weighted by Crippen LogP contribution is -2.73. The Kier molecular flexibility index (Phi) is 5.44. The molecule has 8 heteroatoms. The van der Waals surface area contributed by atoms with Gasteiger partial charge in [-0.05, 0) is 53.5 Å². The third kappa shape index (κ3) is 3.25. The van der Waals surface area contributed by atoms with Gasteiger partial charge in [-0.2, -0.15) is 0 Å². The van der Waals surface area contributed by atoms with Gasteiger partial charge < -0.3 is 15.3 Å². The predicted molar refractivity (Wildman–Crippen MR) is 131 cm³/mol. The molecule has 3 N–H and O–H groups in total. The van der Waals surface area contributed by atoms with E-state index in [0.29, 0.717) is 16.7 Å². The molecule has 0 aliphatic heterocycles. The molecule has 37 heavy (non-hydrogen) atoms. The maximum atomic E-state index is 13.9. The Hall–Kier alpha value is -3.49. The lowest BCUT2D eigenvalue weighted by Gasteiger charge is -2.58. The molecule has 2 unspecified atom stereocenters. The van der Waals surface area contributed by atoms with E-state index >= 15 is 0 Å². The Morgan fingerprint density at radius 1 is 0.973 bits per heavy atom. The van der Waals surface area contributed by atoms with Gasteiger partial charge in [0.2, 0.25) is 0 Å². The first kappa shape index (κ1) is 25.2. The Morgan fingerprint density at radius 2 is 1.62 bits per heavy atom. The van der Waals surface area contributed by atoms with Crippen molar-refractivity contribution >= 4 is 28.9 Å². The van der Waals surface area contributed by atoms with Gasteiger partial charge in [0.1, 0.15) is 17.5 Å². The van der Waals surface area contributed by atoms with Crippen LogP contribution in [-0.4, -0.2) is 49.8 Å². The molecule has 3 aliphatic rings. The number of aliphatic hydroxyl groups excluding tert-OH is 1. The number of rotatable bonds is 3. The third-order valence-corrected chi connectivity index (χ3v) is 8.72. The van der Waals surface area contributed by atoms with Crippen LogP contribution >= 0.6 is 0 Å². The molecule has 0 aromatic heterocycles. The van der Waals surface area contributed by atoms with E-state index in [4.69, 9.17) is 0 Å². The van der Waals surface area contributed by atoms with E-state index in [1.807, 2.05) is 0 Å². The predicted octanol–water partition coefficient (Wildman–Crippen LogP) is 2.37. The molecular formula is C29H28O8. The van der Waals surface area contributed by atoms with E-state index in [9.17, 15) is 39.3 Å². The van der Waals surface area contributed by atoms with Gasteiger partial charge in [0.15, 0.2) is 28.7 Å². The molecular weight excluding hydrogens is 476 g/mol. The summed E-state index contributed by atoms with van der Waals surface area (Å²) >= 11 is 0. The Balaban J connectivity index is 1.68. The van der Waals surface area contributed by atoms with Crippen LogP contribution in [0.2, 0.25) is 0 Å². The molecule has 0 spiro atoms. The molecule has 2 fully saturated rings. The van der Waals surface area contributed by atoms with Crippen molar-refractivity contribution < 1.29 is 39.3 Å². The quantitative estimate of drug-likeness (QED) is 0.540. The summed E-state index contributed by atoms with van der Waals surface area (Å²) in [4.78, 5) is 66.1. The normalized spacial score (nSPS) is 33.0. The highest BCUT2D eigenvalue weighted by Crippen LogP contribution is 2.61. The van der Waals surface area contributed by atoms with Gasteiger partial charge in [0.05, 0.1) is 18.1 Å². The fourth-order valence-electron chi connectivity index (χ4n) is 7.11. The second kappa shape index (κ2) is 8.00. The molecule has 3 aliphatic carbocycles. The van der Waals surface area contributed by atoms with Crippen molar-refractivity contribution in [3.63, 3.8) is 0 Å². The first-order valence-electron chi connectivity index (χ1n) is 12.2. The maximum absolute atomic E-state index is 13.9. The van der Waals surface area contributed by atoms with Gasteiger partial charge in [-0.15, -0.1) is 0 Å². The number of carbonyl (C=O) groups excluding carboxylic acids is 5. The molecule has 2 aromatic rings. The molecule has 2 aromatic carbocycles. The highest BCUT2D eigenvalue weighted by atomic mass is 16.3. The van der Waals surface area contributed by atoms with E-state index in [-0.39, 0.29) is 37.2 Å². The van der Waals surface area contributed by atoms with E-state index in [1.54, 1.807) is 37.3 Å². The summed E-state index contributed by atoms with van der Waals surface area (Å²) in [6.45, 7) is 4.17. The summed E-state index contributed by atoms with van der Waals surface area (Å²) < 4.78 is 0. The second-order valence-corrected chi connectivity index (χ2v) is 11.3. The average Bonchev–Trinajstić information content (AvgIpc) is 2.81. The summed E-state index contributed by atoms with van der Waals surface area (Å²) in [7, 11) is 0. The highest BCUT2D eigenvalue weighted by molar-refractivity contribution is 6.32. The van der Waals surface area contributed by atoms with E-state index in [1.165, 1.54) is 13.0 Å². The molecule has 192 valence electrons. The van der Waals surface area contributed by atoms with Crippen molar-refractivity contribution in [2.24, 2.45) is 22.7 Å². The van der Waals surface area contributed by atoms with Gasteiger partial charge in [-0.1, -0.05) is 44.2 Å². The number of hydrogen-bond acceptors (Lipinski definition) is 8. The lowest BCUT2D eigenvalue weighted by atomic mass is 9.43. The van der Waals surface area contributed by atoms with Gasteiger partial charge in [0, 0.05) is 11.8 Å². The summed E-state index contributed by atoms with van der Waals surface area (Å²) in [6, 6.07) is 10.1. The number of benzene rings is 2. The van der Waals surface area contributed by atoms with Crippen molar-refractivity contribution in [1.29, 1.82) is 0 Å². The number of aromatic hydroxyl groups is 1. The van der Waals surface area contributed by atoms with Crippen molar-refractivity contribution in [2.45, 2.75) is 52.2 Å². The summed E-state index contributed by atoms with van der Waals surface area (Å²) in [6.07, 6.45) is -0.150. The van der Waals surface area contributed by atoms with Gasteiger partial charge in [-0.3, -0.25) is 24.0 Å². The Bertz CT molecular complexity index is 1410. The van der Waals surface area contributed by atoms with Crippen LogP contribution in [0.5, 0.6) is 5.75 Å². The highest BCUT2D eigenvalue weighted by Gasteiger charge is 2.73. The molecule has 2 saturated carbocycles.